The van der Waals surface area contributed by atoms with E-state index in [1.165, 1.54) is 4.52 Å². The fraction of sp³-hybridized carbons (Fsp3) is 0.222. The van der Waals surface area contributed by atoms with Crippen LogP contribution in [0, 0.1) is 25.2 Å². The minimum absolute atomic E-state index is 0.0261. The number of aromatic amines is 1. The Morgan fingerprint density at radius 3 is 2.76 bits per heavy atom. The van der Waals surface area contributed by atoms with E-state index in [0.717, 1.165) is 16.7 Å². The summed E-state index contributed by atoms with van der Waals surface area (Å²) >= 11 is 0. The van der Waals surface area contributed by atoms with Crippen LogP contribution < -0.4 is 5.56 Å². The highest BCUT2D eigenvalue weighted by atomic mass is 16.5. The maximum absolute atomic E-state index is 12.5. The Labute approximate surface area is 143 Å². The summed E-state index contributed by atoms with van der Waals surface area (Å²) in [5, 5.41) is 13.4. The molecule has 0 spiro atoms. The van der Waals surface area contributed by atoms with E-state index in [1.54, 1.807) is 13.1 Å². The fourth-order valence-corrected chi connectivity index (χ4v) is 2.59. The second kappa shape index (κ2) is 6.24. The van der Waals surface area contributed by atoms with E-state index in [4.69, 9.17) is 4.74 Å². The number of nitrogens with one attached hydrogen (secondary N) is 1. The highest BCUT2D eigenvalue weighted by Crippen LogP contribution is 2.21. The lowest BCUT2D eigenvalue weighted by Gasteiger charge is -2.06. The van der Waals surface area contributed by atoms with Gasteiger partial charge in [0, 0.05) is 0 Å². The molecule has 0 atom stereocenters. The zero-order chi connectivity index (χ0) is 18.1. The normalized spacial score (nSPS) is 10.6. The molecule has 126 valence electrons. The average molecular weight is 336 g/mol. The molecule has 1 aromatic carbocycles. The predicted molar refractivity (Wildman–Crippen MR) is 91.4 cm³/mol. The second-order valence-electron chi connectivity index (χ2n) is 5.64. The topological polar surface area (TPSA) is 100 Å². The van der Waals surface area contributed by atoms with Crippen molar-refractivity contribution in [3.8, 4) is 17.3 Å². The van der Waals surface area contributed by atoms with Crippen LogP contribution in [-0.4, -0.2) is 27.2 Å². The summed E-state index contributed by atoms with van der Waals surface area (Å²) in [4.78, 5) is 27.2. The Kier molecular flexibility index (Phi) is 4.11. The predicted octanol–water partition coefficient (Wildman–Crippen LogP) is 2.35. The molecule has 1 N–H and O–H groups in total. The average Bonchev–Trinajstić information content (AvgIpc) is 2.96. The van der Waals surface area contributed by atoms with Gasteiger partial charge in [-0.25, -0.2) is 9.31 Å². The number of hydrogen-bond donors (Lipinski definition) is 1. The first-order chi connectivity index (χ1) is 12.0. The summed E-state index contributed by atoms with van der Waals surface area (Å²) < 4.78 is 6.16. The standard InChI is InChI=1S/C18H16N4O3/c1-4-25-18(24)15-13(8-19)16-17(23)20-14(9-22(16)21-15)12-6-5-10(2)11(3)7-12/h5-7,9H,4H2,1-3H3,(H,20,23). The molecule has 2 heterocycles. The lowest BCUT2D eigenvalue weighted by atomic mass is 10.0. The van der Waals surface area contributed by atoms with E-state index in [9.17, 15) is 14.9 Å². The third kappa shape index (κ3) is 2.78. The number of aromatic nitrogens is 3. The van der Waals surface area contributed by atoms with Gasteiger partial charge in [0.2, 0.25) is 0 Å². The van der Waals surface area contributed by atoms with E-state index >= 15 is 0 Å². The van der Waals surface area contributed by atoms with Crippen LogP contribution in [0.3, 0.4) is 0 Å². The molecule has 0 aliphatic heterocycles. The molecular weight excluding hydrogens is 320 g/mol. The van der Waals surface area contributed by atoms with Gasteiger partial charge >= 0.3 is 5.97 Å². The van der Waals surface area contributed by atoms with Crippen LogP contribution in [0.4, 0.5) is 0 Å². The van der Waals surface area contributed by atoms with E-state index < -0.39 is 11.5 Å². The number of carbonyl (C=O) groups excluding carboxylic acids is 1. The Hall–Kier alpha value is -3.40. The van der Waals surface area contributed by atoms with Gasteiger partial charge in [-0.1, -0.05) is 12.1 Å². The zero-order valence-corrected chi connectivity index (χ0v) is 14.1. The van der Waals surface area contributed by atoms with Crippen molar-refractivity contribution >= 4 is 11.5 Å². The molecule has 0 fully saturated rings. The van der Waals surface area contributed by atoms with Crippen LogP contribution in [0.15, 0.2) is 29.2 Å². The first-order valence-corrected chi connectivity index (χ1v) is 7.76. The van der Waals surface area contributed by atoms with Crippen molar-refractivity contribution < 1.29 is 9.53 Å². The summed E-state index contributed by atoms with van der Waals surface area (Å²) in [5.41, 5.74) is 2.87. The second-order valence-corrected chi connectivity index (χ2v) is 5.64. The van der Waals surface area contributed by atoms with Gasteiger partial charge in [0.15, 0.2) is 5.69 Å². The molecular formula is C18H16N4O3. The largest absolute Gasteiger partial charge is 0.461 e. The van der Waals surface area contributed by atoms with Crippen LogP contribution in [0.1, 0.15) is 34.1 Å². The van der Waals surface area contributed by atoms with Crippen LogP contribution in [-0.2, 0) is 4.74 Å². The fourth-order valence-electron chi connectivity index (χ4n) is 2.59. The number of nitriles is 1. The molecule has 3 aromatic rings. The Bertz CT molecular complexity index is 1090. The van der Waals surface area contributed by atoms with Crippen LogP contribution in [0.5, 0.6) is 0 Å². The van der Waals surface area contributed by atoms with Crippen LogP contribution in [0.25, 0.3) is 16.8 Å². The van der Waals surface area contributed by atoms with Crippen molar-refractivity contribution in [3.05, 3.63) is 57.1 Å². The third-order valence-electron chi connectivity index (χ3n) is 4.02. The Morgan fingerprint density at radius 2 is 2.12 bits per heavy atom. The quantitative estimate of drug-likeness (QED) is 0.740. The number of H-pyrrole nitrogens is 1. The maximum atomic E-state index is 12.5. The molecule has 0 bridgehead atoms. The molecule has 0 aliphatic rings. The summed E-state index contributed by atoms with van der Waals surface area (Å²) in [6.45, 7) is 5.80. The zero-order valence-electron chi connectivity index (χ0n) is 14.1. The van der Waals surface area contributed by atoms with Gasteiger partial charge in [0.1, 0.15) is 17.1 Å². The number of hydrogen-bond acceptors (Lipinski definition) is 5. The number of rotatable bonds is 3. The molecule has 0 aliphatic carbocycles. The molecule has 0 saturated heterocycles. The van der Waals surface area contributed by atoms with Crippen molar-refractivity contribution in [1.29, 1.82) is 5.26 Å². The van der Waals surface area contributed by atoms with E-state index in [2.05, 4.69) is 10.1 Å². The number of carbonyl (C=O) groups is 1. The smallest absolute Gasteiger partial charge is 0.360 e. The molecule has 25 heavy (non-hydrogen) atoms. The van der Waals surface area contributed by atoms with Gasteiger partial charge < -0.3 is 9.72 Å². The SMILES string of the molecule is CCOC(=O)c1nn2cc(-c3ccc(C)c(C)c3)[nH]c(=O)c2c1C#N. The lowest BCUT2D eigenvalue weighted by molar-refractivity contribution is 0.0518. The third-order valence-corrected chi connectivity index (χ3v) is 4.02. The van der Waals surface area contributed by atoms with Crippen LogP contribution >= 0.6 is 0 Å². The number of aryl methyl sites for hydroxylation is 2. The van der Waals surface area contributed by atoms with Crippen molar-refractivity contribution in [2.75, 3.05) is 6.61 Å². The lowest BCUT2D eigenvalue weighted by Crippen LogP contribution is -2.12. The molecule has 0 radical (unpaired) electrons. The highest BCUT2D eigenvalue weighted by Gasteiger charge is 2.23. The van der Waals surface area contributed by atoms with Crippen molar-refractivity contribution in [3.63, 3.8) is 0 Å². The molecule has 7 nitrogen and oxygen atoms in total. The minimum atomic E-state index is -0.727. The number of esters is 1. The molecule has 2 aromatic heterocycles. The summed E-state index contributed by atoms with van der Waals surface area (Å²) in [6.07, 6.45) is 1.59. The highest BCUT2D eigenvalue weighted by molar-refractivity contribution is 5.93. The molecule has 3 rings (SSSR count). The van der Waals surface area contributed by atoms with Crippen molar-refractivity contribution in [2.45, 2.75) is 20.8 Å². The monoisotopic (exact) mass is 336 g/mol. The molecule has 0 amide bonds. The number of nitrogens with zero attached hydrogens (tertiary/aromatic N) is 3. The summed E-state index contributed by atoms with van der Waals surface area (Å²) in [5.74, 6) is -0.727. The van der Waals surface area contributed by atoms with Gasteiger partial charge in [-0.15, -0.1) is 0 Å². The first kappa shape index (κ1) is 16.5. The Balaban J connectivity index is 2.23. The van der Waals surface area contributed by atoms with Gasteiger partial charge in [-0.05, 0) is 43.5 Å². The summed E-state index contributed by atoms with van der Waals surface area (Å²) in [6, 6.07) is 7.67. The number of benzene rings is 1. The number of ether oxygens (including phenoxy) is 1. The summed E-state index contributed by atoms with van der Waals surface area (Å²) in [7, 11) is 0. The van der Waals surface area contributed by atoms with E-state index in [-0.39, 0.29) is 23.4 Å². The van der Waals surface area contributed by atoms with Crippen LogP contribution in [0.2, 0.25) is 0 Å². The van der Waals surface area contributed by atoms with Gasteiger partial charge in [0.25, 0.3) is 5.56 Å². The molecule has 0 saturated carbocycles. The van der Waals surface area contributed by atoms with E-state index in [1.807, 2.05) is 38.1 Å². The van der Waals surface area contributed by atoms with Crippen molar-refractivity contribution in [1.82, 2.24) is 14.6 Å². The van der Waals surface area contributed by atoms with Gasteiger partial charge in [-0.2, -0.15) is 10.4 Å². The maximum Gasteiger partial charge on any atom is 0.360 e. The van der Waals surface area contributed by atoms with Crippen molar-refractivity contribution in [2.24, 2.45) is 0 Å². The minimum Gasteiger partial charge on any atom is -0.461 e. The molecule has 0 unspecified atom stereocenters. The Morgan fingerprint density at radius 1 is 1.36 bits per heavy atom. The van der Waals surface area contributed by atoms with E-state index in [0.29, 0.717) is 5.69 Å². The first-order valence-electron chi connectivity index (χ1n) is 7.76. The molecule has 7 heteroatoms. The van der Waals surface area contributed by atoms with Gasteiger partial charge in [-0.3, -0.25) is 4.79 Å². The number of fused-ring (bicyclic) bond motifs is 1. The van der Waals surface area contributed by atoms with Gasteiger partial charge in [0.05, 0.1) is 18.5 Å².